The number of pyridine rings is 2. The minimum absolute atomic E-state index is 0. The molecule has 0 spiro atoms. The van der Waals surface area contributed by atoms with Gasteiger partial charge in [0.05, 0.1) is 12.2 Å². The summed E-state index contributed by atoms with van der Waals surface area (Å²) >= 11 is 0. The van der Waals surface area contributed by atoms with E-state index in [1.165, 1.54) is 12.1 Å². The quantitative estimate of drug-likeness (QED) is 0.519. The SMILES string of the molecule is C.C[C@@H]1CN(CC(=O)N2CC(C)(C)c3cnc(Cc4ccc(F)cc4F)cc32)[C@@H](Cn2ccccc2=O)CN1. The lowest BCUT2D eigenvalue weighted by Crippen LogP contribution is -2.59. The van der Waals surface area contributed by atoms with Crippen molar-refractivity contribution < 1.29 is 13.6 Å². The van der Waals surface area contributed by atoms with Crippen LogP contribution in [0, 0.1) is 11.6 Å². The van der Waals surface area contributed by atoms with Crippen LogP contribution in [0.15, 0.2) is 59.7 Å². The first-order chi connectivity index (χ1) is 18.1. The molecule has 5 rings (SSSR count). The zero-order chi connectivity index (χ0) is 27.0. The van der Waals surface area contributed by atoms with Crippen molar-refractivity contribution in [1.82, 2.24) is 19.8 Å². The first-order valence-corrected chi connectivity index (χ1v) is 13.0. The van der Waals surface area contributed by atoms with Crippen LogP contribution in [-0.2, 0) is 23.2 Å². The summed E-state index contributed by atoms with van der Waals surface area (Å²) < 4.78 is 29.3. The van der Waals surface area contributed by atoms with Crippen molar-refractivity contribution in [3.63, 3.8) is 0 Å². The third-order valence-corrected chi connectivity index (χ3v) is 7.57. The molecule has 1 N–H and O–H groups in total. The van der Waals surface area contributed by atoms with E-state index < -0.39 is 11.6 Å². The molecule has 9 heteroatoms. The highest BCUT2D eigenvalue weighted by Gasteiger charge is 2.40. The highest BCUT2D eigenvalue weighted by Crippen LogP contribution is 2.40. The molecule has 2 aliphatic heterocycles. The Kier molecular flexibility index (Phi) is 8.32. The zero-order valence-corrected chi connectivity index (χ0v) is 22.0. The van der Waals surface area contributed by atoms with Gasteiger partial charge in [-0.25, -0.2) is 8.78 Å². The average molecular weight is 538 g/mol. The van der Waals surface area contributed by atoms with Crippen LogP contribution in [0.2, 0.25) is 0 Å². The first kappa shape index (κ1) is 28.6. The van der Waals surface area contributed by atoms with E-state index in [2.05, 4.69) is 36.0 Å². The third kappa shape index (κ3) is 6.09. The van der Waals surface area contributed by atoms with E-state index in [9.17, 15) is 18.4 Å². The van der Waals surface area contributed by atoms with E-state index in [-0.39, 0.29) is 49.4 Å². The molecule has 0 radical (unpaired) electrons. The molecule has 0 unspecified atom stereocenters. The Bertz CT molecular complexity index is 1410. The van der Waals surface area contributed by atoms with Gasteiger partial charge in [-0.3, -0.25) is 19.5 Å². The monoisotopic (exact) mass is 537 g/mol. The van der Waals surface area contributed by atoms with Gasteiger partial charge in [0.25, 0.3) is 5.56 Å². The number of nitrogens with one attached hydrogen (secondary N) is 1. The number of rotatable bonds is 6. The van der Waals surface area contributed by atoms with Crippen LogP contribution in [0.1, 0.15) is 45.0 Å². The summed E-state index contributed by atoms with van der Waals surface area (Å²) in [5.41, 5.74) is 2.36. The minimum Gasteiger partial charge on any atom is -0.314 e. The number of piperazine rings is 1. The number of carbonyl (C=O) groups is 1. The lowest BCUT2D eigenvalue weighted by Gasteiger charge is -2.39. The fourth-order valence-corrected chi connectivity index (χ4v) is 5.48. The normalized spacial score (nSPS) is 20.4. The van der Waals surface area contributed by atoms with Gasteiger partial charge >= 0.3 is 0 Å². The van der Waals surface area contributed by atoms with Crippen LogP contribution < -0.4 is 15.8 Å². The van der Waals surface area contributed by atoms with Gasteiger partial charge < -0.3 is 14.8 Å². The molecular formula is C30H37F2N5O2. The van der Waals surface area contributed by atoms with E-state index in [4.69, 9.17) is 0 Å². The smallest absolute Gasteiger partial charge is 0.250 e. The van der Waals surface area contributed by atoms with Gasteiger partial charge in [-0.15, -0.1) is 0 Å². The first-order valence-electron chi connectivity index (χ1n) is 13.0. The number of halogens is 2. The highest BCUT2D eigenvalue weighted by atomic mass is 19.1. The maximum atomic E-state index is 14.3. The summed E-state index contributed by atoms with van der Waals surface area (Å²) in [6.45, 7) is 8.84. The van der Waals surface area contributed by atoms with Crippen LogP contribution in [0.3, 0.4) is 0 Å². The lowest BCUT2D eigenvalue weighted by atomic mass is 9.88. The number of anilines is 1. The Balaban J connectivity index is 0.00000353. The van der Waals surface area contributed by atoms with Crippen LogP contribution in [-0.4, -0.2) is 58.6 Å². The fraction of sp³-hybridized carbons (Fsp3) is 0.433. The number of hydrogen-bond donors (Lipinski definition) is 1. The van der Waals surface area contributed by atoms with Crippen LogP contribution >= 0.6 is 0 Å². The molecular weight excluding hydrogens is 500 g/mol. The molecule has 4 heterocycles. The van der Waals surface area contributed by atoms with Crippen molar-refractivity contribution in [2.75, 3.05) is 31.1 Å². The predicted molar refractivity (Wildman–Crippen MR) is 149 cm³/mol. The predicted octanol–water partition coefficient (Wildman–Crippen LogP) is 3.74. The van der Waals surface area contributed by atoms with Crippen molar-refractivity contribution in [3.05, 3.63) is 93.7 Å². The van der Waals surface area contributed by atoms with Crippen molar-refractivity contribution in [1.29, 1.82) is 0 Å². The Morgan fingerprint density at radius 2 is 1.97 bits per heavy atom. The second kappa shape index (κ2) is 11.4. The molecule has 0 aliphatic carbocycles. The van der Waals surface area contributed by atoms with E-state index >= 15 is 0 Å². The number of fused-ring (bicyclic) bond motifs is 1. The molecule has 1 aromatic carbocycles. The molecule has 2 aliphatic rings. The minimum atomic E-state index is -0.621. The molecule has 208 valence electrons. The van der Waals surface area contributed by atoms with Gasteiger partial charge in [-0.2, -0.15) is 0 Å². The molecule has 1 fully saturated rings. The van der Waals surface area contributed by atoms with Gasteiger partial charge in [0.1, 0.15) is 11.6 Å². The topological polar surface area (TPSA) is 70.5 Å². The summed E-state index contributed by atoms with van der Waals surface area (Å²) in [6, 6.07) is 10.7. The van der Waals surface area contributed by atoms with Gasteiger partial charge in [-0.1, -0.05) is 33.4 Å². The van der Waals surface area contributed by atoms with Crippen molar-refractivity contribution in [2.45, 2.75) is 58.7 Å². The number of benzene rings is 1. The largest absolute Gasteiger partial charge is 0.314 e. The Hall–Kier alpha value is -3.43. The molecule has 3 aromatic rings. The third-order valence-electron chi connectivity index (χ3n) is 7.57. The molecule has 0 bridgehead atoms. The molecule has 2 aromatic heterocycles. The summed E-state index contributed by atoms with van der Waals surface area (Å²) in [5.74, 6) is -1.26. The summed E-state index contributed by atoms with van der Waals surface area (Å²) in [7, 11) is 0. The summed E-state index contributed by atoms with van der Waals surface area (Å²) in [5, 5.41) is 3.47. The van der Waals surface area contributed by atoms with Gasteiger partial charge in [0.15, 0.2) is 0 Å². The Morgan fingerprint density at radius 3 is 2.72 bits per heavy atom. The number of nitrogens with zero attached hydrogens (tertiary/aromatic N) is 4. The maximum Gasteiger partial charge on any atom is 0.250 e. The number of aromatic nitrogens is 2. The van der Waals surface area contributed by atoms with Gasteiger partial charge in [-0.05, 0) is 30.7 Å². The maximum absolute atomic E-state index is 14.3. The number of carbonyl (C=O) groups excluding carboxylic acids is 1. The Morgan fingerprint density at radius 1 is 1.18 bits per heavy atom. The molecule has 2 atom stereocenters. The molecule has 7 nitrogen and oxygen atoms in total. The fourth-order valence-electron chi connectivity index (χ4n) is 5.48. The van der Waals surface area contributed by atoms with Crippen LogP contribution in [0.5, 0.6) is 0 Å². The van der Waals surface area contributed by atoms with E-state index in [0.717, 1.165) is 17.3 Å². The van der Waals surface area contributed by atoms with E-state index in [1.54, 1.807) is 34.0 Å². The Labute approximate surface area is 228 Å². The second-order valence-electron chi connectivity index (χ2n) is 11.1. The summed E-state index contributed by atoms with van der Waals surface area (Å²) in [4.78, 5) is 34.6. The average Bonchev–Trinajstić information content (AvgIpc) is 3.14. The van der Waals surface area contributed by atoms with Gasteiger partial charge in [0.2, 0.25) is 5.91 Å². The van der Waals surface area contributed by atoms with Crippen molar-refractivity contribution in [3.8, 4) is 0 Å². The lowest BCUT2D eigenvalue weighted by molar-refractivity contribution is -0.120. The number of amides is 1. The van der Waals surface area contributed by atoms with Crippen LogP contribution in [0.25, 0.3) is 0 Å². The second-order valence-corrected chi connectivity index (χ2v) is 11.1. The van der Waals surface area contributed by atoms with Crippen molar-refractivity contribution >= 4 is 11.6 Å². The molecule has 0 saturated carbocycles. The van der Waals surface area contributed by atoms with Gasteiger partial charge in [0, 0.05) is 85.9 Å². The van der Waals surface area contributed by atoms with E-state index in [1.807, 2.05) is 12.1 Å². The highest BCUT2D eigenvalue weighted by molar-refractivity contribution is 5.97. The standard InChI is InChI=1S/C29H33F2N5O2.CH4/c1-19-15-35(23(13-32-19)16-34-9-5-4-6-27(34)37)17-28(38)36-18-29(2,3)24-14-33-22(12-26(24)36)10-20-7-8-21(30)11-25(20)31;/h4-9,11-12,14,19,23,32H,10,13,15-18H2,1-3H3;1H4/t19-,23-;/m1./s1. The molecule has 1 saturated heterocycles. The van der Waals surface area contributed by atoms with E-state index in [0.29, 0.717) is 37.4 Å². The molecule has 1 amide bonds. The van der Waals surface area contributed by atoms with Crippen molar-refractivity contribution in [2.24, 2.45) is 0 Å². The van der Waals surface area contributed by atoms with Crippen LogP contribution in [0.4, 0.5) is 14.5 Å². The molecule has 39 heavy (non-hydrogen) atoms. The number of hydrogen-bond acceptors (Lipinski definition) is 5. The summed E-state index contributed by atoms with van der Waals surface area (Å²) in [6.07, 6.45) is 3.75. The zero-order valence-electron chi connectivity index (χ0n) is 22.0.